The smallest absolute Gasteiger partial charge is 0.246 e. The van der Waals surface area contributed by atoms with Gasteiger partial charge in [0.25, 0.3) is 0 Å². The van der Waals surface area contributed by atoms with E-state index in [0.717, 1.165) is 5.56 Å². The molecule has 5 nitrogen and oxygen atoms in total. The molecule has 0 saturated carbocycles. The van der Waals surface area contributed by atoms with E-state index in [1.165, 1.54) is 7.11 Å². The molecular formula is C10H14N2O3. The molecule has 0 aliphatic rings. The van der Waals surface area contributed by atoms with Gasteiger partial charge in [-0.3, -0.25) is 4.79 Å². The van der Waals surface area contributed by atoms with E-state index in [1.807, 2.05) is 6.07 Å². The van der Waals surface area contributed by atoms with Crippen LogP contribution in [0.5, 0.6) is 5.88 Å². The quantitative estimate of drug-likeness (QED) is 0.762. The molecule has 1 rings (SSSR count). The fourth-order valence-electron chi connectivity index (χ4n) is 1.02. The molecule has 5 heteroatoms. The minimum Gasteiger partial charge on any atom is -0.481 e. The molecule has 1 aromatic heterocycles. The Bertz CT molecular complexity index is 311. The van der Waals surface area contributed by atoms with E-state index in [0.29, 0.717) is 12.4 Å². The average molecular weight is 210 g/mol. The van der Waals surface area contributed by atoms with Crippen LogP contribution in [0.2, 0.25) is 0 Å². The monoisotopic (exact) mass is 210 g/mol. The summed E-state index contributed by atoms with van der Waals surface area (Å²) in [5.74, 6) is 0.412. The van der Waals surface area contributed by atoms with Gasteiger partial charge in [0.2, 0.25) is 11.8 Å². The first-order chi connectivity index (χ1) is 7.26. The zero-order valence-corrected chi connectivity index (χ0v) is 8.82. The van der Waals surface area contributed by atoms with Gasteiger partial charge in [0.1, 0.15) is 6.61 Å². The highest BCUT2D eigenvalue weighted by Gasteiger charge is 2.00. The number of carbonyl (C=O) groups excluding carboxylic acids is 1. The Labute approximate surface area is 88.4 Å². The largest absolute Gasteiger partial charge is 0.481 e. The van der Waals surface area contributed by atoms with Crippen LogP contribution in [0.3, 0.4) is 0 Å². The van der Waals surface area contributed by atoms with Gasteiger partial charge in [-0.05, 0) is 5.56 Å². The van der Waals surface area contributed by atoms with E-state index >= 15 is 0 Å². The van der Waals surface area contributed by atoms with Crippen LogP contribution in [-0.4, -0.2) is 31.7 Å². The van der Waals surface area contributed by atoms with E-state index < -0.39 is 0 Å². The zero-order chi connectivity index (χ0) is 11.1. The number of amides is 1. The van der Waals surface area contributed by atoms with Crippen LogP contribution in [0.15, 0.2) is 18.3 Å². The van der Waals surface area contributed by atoms with Crippen LogP contribution >= 0.6 is 0 Å². The number of nitrogens with one attached hydrogen (secondary N) is 1. The standard InChI is InChI=1S/C10H14N2O3/c1-14-7-9(13)11-5-8-3-4-10(15-2)12-6-8/h3-4,6H,5,7H2,1-2H3,(H,11,13). The Kier molecular flexibility index (Phi) is 4.56. The number of carbonyl (C=O) groups is 1. The molecule has 0 unspecified atom stereocenters. The summed E-state index contributed by atoms with van der Waals surface area (Å²) >= 11 is 0. The summed E-state index contributed by atoms with van der Waals surface area (Å²) in [5.41, 5.74) is 0.917. The number of nitrogens with zero attached hydrogens (tertiary/aromatic N) is 1. The second kappa shape index (κ2) is 5.98. The van der Waals surface area contributed by atoms with Crippen LogP contribution < -0.4 is 10.1 Å². The molecule has 0 spiro atoms. The first kappa shape index (κ1) is 11.5. The Morgan fingerprint density at radius 3 is 2.80 bits per heavy atom. The molecule has 82 valence electrons. The maximum absolute atomic E-state index is 11.1. The molecule has 1 amide bonds. The van der Waals surface area contributed by atoms with Crippen LogP contribution in [0.25, 0.3) is 0 Å². The molecule has 1 N–H and O–H groups in total. The lowest BCUT2D eigenvalue weighted by molar-refractivity contribution is -0.124. The molecule has 0 aliphatic heterocycles. The summed E-state index contributed by atoms with van der Waals surface area (Å²) in [6, 6.07) is 3.59. The van der Waals surface area contributed by atoms with Gasteiger partial charge in [0, 0.05) is 25.9 Å². The highest BCUT2D eigenvalue weighted by molar-refractivity contribution is 5.77. The fraction of sp³-hybridized carbons (Fsp3) is 0.400. The van der Waals surface area contributed by atoms with E-state index in [1.54, 1.807) is 19.4 Å². The van der Waals surface area contributed by atoms with Crippen molar-refractivity contribution in [1.29, 1.82) is 0 Å². The molecular weight excluding hydrogens is 196 g/mol. The van der Waals surface area contributed by atoms with E-state index in [-0.39, 0.29) is 12.5 Å². The number of pyridine rings is 1. The summed E-state index contributed by atoms with van der Waals surface area (Å²) < 4.78 is 9.60. The van der Waals surface area contributed by atoms with Crippen molar-refractivity contribution in [3.8, 4) is 5.88 Å². The minimum absolute atomic E-state index is 0.0730. The van der Waals surface area contributed by atoms with E-state index in [2.05, 4.69) is 15.0 Å². The highest BCUT2D eigenvalue weighted by Crippen LogP contribution is 2.05. The van der Waals surface area contributed by atoms with Crippen molar-refractivity contribution in [2.45, 2.75) is 6.54 Å². The first-order valence-electron chi connectivity index (χ1n) is 4.51. The van der Waals surface area contributed by atoms with E-state index in [4.69, 9.17) is 4.74 Å². The van der Waals surface area contributed by atoms with Gasteiger partial charge in [-0.25, -0.2) is 4.98 Å². The van der Waals surface area contributed by atoms with Gasteiger partial charge in [0.05, 0.1) is 7.11 Å². The average Bonchev–Trinajstić information content (AvgIpc) is 2.27. The van der Waals surface area contributed by atoms with Crippen LogP contribution in [0, 0.1) is 0 Å². The molecule has 15 heavy (non-hydrogen) atoms. The second-order valence-corrected chi connectivity index (χ2v) is 2.92. The number of rotatable bonds is 5. The SMILES string of the molecule is COCC(=O)NCc1ccc(OC)nc1. The normalized spacial score (nSPS) is 9.73. The van der Waals surface area contributed by atoms with Crippen LogP contribution in [0.1, 0.15) is 5.56 Å². The molecule has 0 bridgehead atoms. The Morgan fingerprint density at radius 1 is 1.47 bits per heavy atom. The van der Waals surface area contributed by atoms with Crippen molar-refractivity contribution in [1.82, 2.24) is 10.3 Å². The summed E-state index contributed by atoms with van der Waals surface area (Å²) in [7, 11) is 3.04. The zero-order valence-electron chi connectivity index (χ0n) is 8.82. The van der Waals surface area contributed by atoms with Gasteiger partial charge in [0.15, 0.2) is 0 Å². The van der Waals surface area contributed by atoms with Crippen molar-refractivity contribution in [2.24, 2.45) is 0 Å². The van der Waals surface area contributed by atoms with Gasteiger partial charge >= 0.3 is 0 Å². The molecule has 0 fully saturated rings. The summed E-state index contributed by atoms with van der Waals surface area (Å²) in [4.78, 5) is 15.1. The maximum atomic E-state index is 11.1. The fourth-order valence-corrected chi connectivity index (χ4v) is 1.02. The Morgan fingerprint density at radius 2 is 2.27 bits per heavy atom. The molecule has 0 aromatic carbocycles. The molecule has 0 atom stereocenters. The van der Waals surface area contributed by atoms with Crippen LogP contribution in [0.4, 0.5) is 0 Å². The number of ether oxygens (including phenoxy) is 2. The maximum Gasteiger partial charge on any atom is 0.246 e. The molecule has 0 radical (unpaired) electrons. The number of aromatic nitrogens is 1. The third-order valence-corrected chi connectivity index (χ3v) is 1.77. The molecule has 0 saturated heterocycles. The number of hydrogen-bond donors (Lipinski definition) is 1. The predicted molar refractivity (Wildman–Crippen MR) is 54.5 cm³/mol. The predicted octanol–water partition coefficient (Wildman–Crippen LogP) is 0.353. The summed E-state index contributed by atoms with van der Waals surface area (Å²) in [6.45, 7) is 0.517. The van der Waals surface area contributed by atoms with Gasteiger partial charge in [-0.2, -0.15) is 0 Å². The van der Waals surface area contributed by atoms with Gasteiger partial charge in [-0.15, -0.1) is 0 Å². The lowest BCUT2D eigenvalue weighted by Crippen LogP contribution is -2.26. The number of methoxy groups -OCH3 is 2. The second-order valence-electron chi connectivity index (χ2n) is 2.92. The Balaban J connectivity index is 2.40. The highest BCUT2D eigenvalue weighted by atomic mass is 16.5. The van der Waals surface area contributed by atoms with Gasteiger partial charge < -0.3 is 14.8 Å². The third kappa shape index (κ3) is 3.95. The Hall–Kier alpha value is -1.62. The van der Waals surface area contributed by atoms with Crippen molar-refractivity contribution in [3.05, 3.63) is 23.9 Å². The minimum atomic E-state index is -0.145. The van der Waals surface area contributed by atoms with Crippen molar-refractivity contribution < 1.29 is 14.3 Å². The molecule has 1 aromatic rings. The third-order valence-electron chi connectivity index (χ3n) is 1.77. The topological polar surface area (TPSA) is 60.5 Å². The van der Waals surface area contributed by atoms with Gasteiger partial charge in [-0.1, -0.05) is 6.07 Å². The molecule has 1 heterocycles. The van der Waals surface area contributed by atoms with Crippen molar-refractivity contribution >= 4 is 5.91 Å². The number of hydrogen-bond acceptors (Lipinski definition) is 4. The van der Waals surface area contributed by atoms with Crippen molar-refractivity contribution in [2.75, 3.05) is 20.8 Å². The summed E-state index contributed by atoms with van der Waals surface area (Å²) in [5, 5.41) is 2.69. The van der Waals surface area contributed by atoms with Crippen molar-refractivity contribution in [3.63, 3.8) is 0 Å². The lowest BCUT2D eigenvalue weighted by Gasteiger charge is -2.04. The molecule has 0 aliphatic carbocycles. The first-order valence-corrected chi connectivity index (χ1v) is 4.51. The van der Waals surface area contributed by atoms with Crippen LogP contribution in [-0.2, 0) is 16.1 Å². The lowest BCUT2D eigenvalue weighted by atomic mass is 10.3. The summed E-state index contributed by atoms with van der Waals surface area (Å²) in [6.07, 6.45) is 1.66. The van der Waals surface area contributed by atoms with E-state index in [9.17, 15) is 4.79 Å².